The van der Waals surface area contributed by atoms with Crippen LogP contribution < -0.4 is 10.6 Å². The van der Waals surface area contributed by atoms with Gasteiger partial charge in [0.1, 0.15) is 0 Å². The third-order valence-corrected chi connectivity index (χ3v) is 5.12. The maximum Gasteiger partial charge on any atom is 0.227 e. The van der Waals surface area contributed by atoms with E-state index in [4.69, 9.17) is 0 Å². The van der Waals surface area contributed by atoms with Gasteiger partial charge >= 0.3 is 0 Å². The molecule has 3 nitrogen and oxygen atoms in total. The highest BCUT2D eigenvalue weighted by Crippen LogP contribution is 2.51. The molecule has 1 aliphatic heterocycles. The van der Waals surface area contributed by atoms with Crippen molar-refractivity contribution in [3.05, 3.63) is 0 Å². The quantitative estimate of drug-likeness (QED) is 0.768. The smallest absolute Gasteiger partial charge is 0.227 e. The van der Waals surface area contributed by atoms with Crippen LogP contribution in [-0.4, -0.2) is 25.5 Å². The average molecular weight is 238 g/mol. The molecule has 2 fully saturated rings. The number of carbonyl (C=O) groups excluding carboxylic acids is 1. The molecule has 0 aromatic rings. The third-order valence-electron chi connectivity index (χ3n) is 5.12. The lowest BCUT2D eigenvalue weighted by atomic mass is 9.83. The Morgan fingerprint density at radius 1 is 1.35 bits per heavy atom. The SMILES string of the molecule is CCC1(C(=O)NCC2(C(C)C)CC2)CCNC1. The van der Waals surface area contributed by atoms with E-state index >= 15 is 0 Å². The Labute approximate surface area is 105 Å². The molecule has 2 rings (SSSR count). The molecule has 0 aromatic carbocycles. The summed E-state index contributed by atoms with van der Waals surface area (Å²) in [6.07, 6.45) is 4.50. The lowest BCUT2D eigenvalue weighted by Crippen LogP contribution is -2.44. The predicted molar refractivity (Wildman–Crippen MR) is 69.7 cm³/mol. The molecule has 1 atom stereocenters. The summed E-state index contributed by atoms with van der Waals surface area (Å²) in [5, 5.41) is 6.54. The topological polar surface area (TPSA) is 41.1 Å². The van der Waals surface area contributed by atoms with E-state index in [9.17, 15) is 4.79 Å². The monoisotopic (exact) mass is 238 g/mol. The summed E-state index contributed by atoms with van der Waals surface area (Å²) in [5.74, 6) is 0.957. The molecule has 0 bridgehead atoms. The summed E-state index contributed by atoms with van der Waals surface area (Å²) in [7, 11) is 0. The molecule has 0 aromatic heterocycles. The fourth-order valence-corrected chi connectivity index (χ4v) is 2.96. The van der Waals surface area contributed by atoms with Crippen LogP contribution in [0.2, 0.25) is 0 Å². The van der Waals surface area contributed by atoms with Crippen LogP contribution in [0.15, 0.2) is 0 Å². The molecule has 1 heterocycles. The normalized spacial score (nSPS) is 30.6. The first-order chi connectivity index (χ1) is 8.05. The zero-order valence-electron chi connectivity index (χ0n) is 11.4. The van der Waals surface area contributed by atoms with E-state index in [1.807, 2.05) is 0 Å². The van der Waals surface area contributed by atoms with Gasteiger partial charge in [-0.05, 0) is 43.6 Å². The van der Waals surface area contributed by atoms with E-state index < -0.39 is 0 Å². The molecule has 0 radical (unpaired) electrons. The molecule has 17 heavy (non-hydrogen) atoms. The van der Waals surface area contributed by atoms with Gasteiger partial charge in [0.15, 0.2) is 0 Å². The van der Waals surface area contributed by atoms with Gasteiger partial charge in [-0.2, -0.15) is 0 Å². The van der Waals surface area contributed by atoms with Gasteiger partial charge in [0, 0.05) is 13.1 Å². The molecule has 1 saturated heterocycles. The highest BCUT2D eigenvalue weighted by Gasteiger charge is 2.47. The van der Waals surface area contributed by atoms with Crippen molar-refractivity contribution in [1.82, 2.24) is 10.6 Å². The molecular weight excluding hydrogens is 212 g/mol. The predicted octanol–water partition coefficient (Wildman–Crippen LogP) is 1.93. The lowest BCUT2D eigenvalue weighted by molar-refractivity contribution is -0.130. The summed E-state index contributed by atoms with van der Waals surface area (Å²) in [4.78, 5) is 12.3. The van der Waals surface area contributed by atoms with E-state index in [0.717, 1.165) is 32.5 Å². The highest BCUT2D eigenvalue weighted by molar-refractivity contribution is 5.83. The van der Waals surface area contributed by atoms with Crippen molar-refractivity contribution in [2.75, 3.05) is 19.6 Å². The molecule has 98 valence electrons. The van der Waals surface area contributed by atoms with Crippen molar-refractivity contribution in [3.63, 3.8) is 0 Å². The Balaban J connectivity index is 1.89. The van der Waals surface area contributed by atoms with Gasteiger partial charge in [0.25, 0.3) is 0 Å². The summed E-state index contributed by atoms with van der Waals surface area (Å²) in [6, 6.07) is 0. The van der Waals surface area contributed by atoms with Crippen LogP contribution in [0.25, 0.3) is 0 Å². The van der Waals surface area contributed by atoms with E-state index in [0.29, 0.717) is 11.3 Å². The fourth-order valence-electron chi connectivity index (χ4n) is 2.96. The largest absolute Gasteiger partial charge is 0.355 e. The first-order valence-corrected chi connectivity index (χ1v) is 7.04. The number of nitrogens with one attached hydrogen (secondary N) is 2. The van der Waals surface area contributed by atoms with Crippen LogP contribution in [0.4, 0.5) is 0 Å². The summed E-state index contributed by atoms with van der Waals surface area (Å²) >= 11 is 0. The molecule has 1 saturated carbocycles. The van der Waals surface area contributed by atoms with Crippen molar-refractivity contribution >= 4 is 5.91 Å². The molecule has 1 amide bonds. The van der Waals surface area contributed by atoms with Crippen molar-refractivity contribution in [3.8, 4) is 0 Å². The molecular formula is C14H26N2O. The van der Waals surface area contributed by atoms with Crippen LogP contribution >= 0.6 is 0 Å². The Morgan fingerprint density at radius 2 is 2.06 bits per heavy atom. The summed E-state index contributed by atoms with van der Waals surface area (Å²) < 4.78 is 0. The van der Waals surface area contributed by atoms with E-state index in [1.165, 1.54) is 12.8 Å². The van der Waals surface area contributed by atoms with Gasteiger partial charge in [-0.25, -0.2) is 0 Å². The van der Waals surface area contributed by atoms with Crippen molar-refractivity contribution < 1.29 is 4.79 Å². The Hall–Kier alpha value is -0.570. The van der Waals surface area contributed by atoms with E-state index in [-0.39, 0.29) is 11.3 Å². The molecule has 0 spiro atoms. The van der Waals surface area contributed by atoms with Gasteiger partial charge in [-0.15, -0.1) is 0 Å². The number of hydrogen-bond donors (Lipinski definition) is 2. The molecule has 2 aliphatic rings. The molecule has 3 heteroatoms. The minimum Gasteiger partial charge on any atom is -0.355 e. The van der Waals surface area contributed by atoms with Gasteiger partial charge in [0.2, 0.25) is 5.91 Å². The first kappa shape index (κ1) is 12.9. The number of carbonyl (C=O) groups is 1. The van der Waals surface area contributed by atoms with E-state index in [1.54, 1.807) is 0 Å². The second kappa shape index (κ2) is 4.60. The molecule has 1 aliphatic carbocycles. The van der Waals surface area contributed by atoms with Crippen molar-refractivity contribution in [2.45, 2.75) is 46.5 Å². The summed E-state index contributed by atoms with van der Waals surface area (Å²) in [6.45, 7) is 9.38. The summed E-state index contributed by atoms with van der Waals surface area (Å²) in [5.41, 5.74) is 0.281. The van der Waals surface area contributed by atoms with Crippen LogP contribution in [0, 0.1) is 16.7 Å². The van der Waals surface area contributed by atoms with E-state index in [2.05, 4.69) is 31.4 Å². The third kappa shape index (κ3) is 2.35. The van der Waals surface area contributed by atoms with Crippen molar-refractivity contribution in [1.29, 1.82) is 0 Å². The second-order valence-electron chi connectivity index (χ2n) is 6.26. The minimum atomic E-state index is -0.132. The second-order valence-corrected chi connectivity index (χ2v) is 6.26. The minimum absolute atomic E-state index is 0.132. The Kier molecular flexibility index (Phi) is 3.48. The van der Waals surface area contributed by atoms with Crippen LogP contribution in [-0.2, 0) is 4.79 Å². The molecule has 1 unspecified atom stereocenters. The van der Waals surface area contributed by atoms with Gasteiger partial charge in [0.05, 0.1) is 5.41 Å². The standard InChI is InChI=1S/C14H26N2O/c1-4-13(7-8-15-9-13)12(17)16-10-14(5-6-14)11(2)3/h11,15H,4-10H2,1-3H3,(H,16,17). The maximum atomic E-state index is 12.3. The Morgan fingerprint density at radius 3 is 2.47 bits per heavy atom. The van der Waals surface area contributed by atoms with Crippen LogP contribution in [0.3, 0.4) is 0 Å². The maximum absolute atomic E-state index is 12.3. The first-order valence-electron chi connectivity index (χ1n) is 7.04. The Bertz CT molecular complexity index is 289. The van der Waals surface area contributed by atoms with Gasteiger partial charge in [-0.1, -0.05) is 20.8 Å². The number of rotatable bonds is 5. The lowest BCUT2D eigenvalue weighted by Gasteiger charge is -2.28. The zero-order valence-corrected chi connectivity index (χ0v) is 11.4. The molecule has 2 N–H and O–H groups in total. The zero-order chi connectivity index (χ0) is 12.5. The number of hydrogen-bond acceptors (Lipinski definition) is 2. The average Bonchev–Trinajstić information content (AvgIpc) is 2.96. The highest BCUT2D eigenvalue weighted by atomic mass is 16.2. The van der Waals surface area contributed by atoms with Gasteiger partial charge in [-0.3, -0.25) is 4.79 Å². The van der Waals surface area contributed by atoms with Crippen LogP contribution in [0.5, 0.6) is 0 Å². The van der Waals surface area contributed by atoms with Gasteiger partial charge < -0.3 is 10.6 Å². The van der Waals surface area contributed by atoms with Crippen LogP contribution in [0.1, 0.15) is 46.5 Å². The number of amides is 1. The van der Waals surface area contributed by atoms with Crippen molar-refractivity contribution in [2.24, 2.45) is 16.7 Å². The fraction of sp³-hybridized carbons (Fsp3) is 0.929.